The van der Waals surface area contributed by atoms with Crippen LogP contribution in [0.15, 0.2) is 54.3 Å². The summed E-state index contributed by atoms with van der Waals surface area (Å²) in [5, 5.41) is 12.1. The zero-order chi connectivity index (χ0) is 19.8. The standard InChI is InChI=1S/C21H29ClN6.HI/c1-3-11-27-12-9-19(10-13-27)26-21(23-4-2)24-14-17-15-25-28(16-17)20-7-5-18(22)6-8-20;/h3,5-8,15-16,19H,1,4,9-14H2,2H3,(H2,23,24,26);1H. The van der Waals surface area contributed by atoms with Gasteiger partial charge in [0.1, 0.15) is 0 Å². The van der Waals surface area contributed by atoms with Gasteiger partial charge in [-0.1, -0.05) is 17.7 Å². The van der Waals surface area contributed by atoms with Crippen LogP contribution < -0.4 is 10.6 Å². The van der Waals surface area contributed by atoms with Crippen LogP contribution in [-0.2, 0) is 6.54 Å². The van der Waals surface area contributed by atoms with Crippen LogP contribution in [0.3, 0.4) is 0 Å². The highest BCUT2D eigenvalue weighted by Gasteiger charge is 2.19. The highest BCUT2D eigenvalue weighted by atomic mass is 127. The average Bonchev–Trinajstić information content (AvgIpc) is 3.18. The molecule has 0 unspecified atom stereocenters. The Morgan fingerprint density at radius 1 is 1.31 bits per heavy atom. The molecule has 0 saturated carbocycles. The van der Waals surface area contributed by atoms with Gasteiger partial charge in [0, 0.05) is 49.0 Å². The fourth-order valence-electron chi connectivity index (χ4n) is 3.30. The molecule has 1 aromatic carbocycles. The number of guanidine groups is 1. The number of hydrogen-bond donors (Lipinski definition) is 2. The van der Waals surface area contributed by atoms with E-state index in [1.807, 2.05) is 47.4 Å². The third-order valence-electron chi connectivity index (χ3n) is 4.81. The summed E-state index contributed by atoms with van der Waals surface area (Å²) in [6.45, 7) is 10.5. The third-order valence-corrected chi connectivity index (χ3v) is 5.06. The van der Waals surface area contributed by atoms with Gasteiger partial charge in [-0.25, -0.2) is 9.67 Å². The minimum Gasteiger partial charge on any atom is -0.357 e. The molecule has 0 bridgehead atoms. The molecule has 1 aliphatic heterocycles. The first-order valence-electron chi connectivity index (χ1n) is 9.85. The Morgan fingerprint density at radius 3 is 2.69 bits per heavy atom. The molecular weight excluding hydrogens is 499 g/mol. The van der Waals surface area contributed by atoms with Gasteiger partial charge >= 0.3 is 0 Å². The molecule has 1 aromatic heterocycles. The first-order chi connectivity index (χ1) is 13.7. The Bertz CT molecular complexity index is 781. The monoisotopic (exact) mass is 528 g/mol. The molecule has 0 atom stereocenters. The first kappa shape index (κ1) is 23.7. The van der Waals surface area contributed by atoms with Crippen molar-refractivity contribution >= 4 is 41.5 Å². The lowest BCUT2D eigenvalue weighted by Crippen LogP contribution is -2.48. The van der Waals surface area contributed by atoms with E-state index in [2.05, 4.69) is 34.1 Å². The second kappa shape index (κ2) is 12.2. The Morgan fingerprint density at radius 2 is 2.03 bits per heavy atom. The van der Waals surface area contributed by atoms with Crippen molar-refractivity contribution in [2.24, 2.45) is 4.99 Å². The Kier molecular flexibility index (Phi) is 9.96. The summed E-state index contributed by atoms with van der Waals surface area (Å²) >= 11 is 5.95. The van der Waals surface area contributed by atoms with Crippen LogP contribution in [0.2, 0.25) is 5.02 Å². The quantitative estimate of drug-likeness (QED) is 0.248. The molecule has 1 saturated heterocycles. The summed E-state index contributed by atoms with van der Waals surface area (Å²) in [6, 6.07) is 8.09. The lowest BCUT2D eigenvalue weighted by molar-refractivity contribution is 0.225. The van der Waals surface area contributed by atoms with Gasteiger partial charge in [-0.15, -0.1) is 30.6 Å². The van der Waals surface area contributed by atoms with Crippen molar-refractivity contribution in [1.82, 2.24) is 25.3 Å². The fourth-order valence-corrected chi connectivity index (χ4v) is 3.43. The lowest BCUT2D eigenvalue weighted by atomic mass is 10.1. The Labute approximate surface area is 195 Å². The third kappa shape index (κ3) is 7.31. The van der Waals surface area contributed by atoms with E-state index in [1.165, 1.54) is 0 Å². The molecule has 158 valence electrons. The SMILES string of the molecule is C=CCN1CCC(NC(=NCc2cnn(-c3ccc(Cl)cc3)c2)NCC)CC1.I. The number of hydrogen-bond acceptors (Lipinski definition) is 3. The topological polar surface area (TPSA) is 57.5 Å². The second-order valence-corrected chi connectivity index (χ2v) is 7.41. The number of benzene rings is 1. The lowest BCUT2D eigenvalue weighted by Gasteiger charge is -2.32. The molecule has 0 aliphatic carbocycles. The van der Waals surface area contributed by atoms with Gasteiger partial charge in [-0.3, -0.25) is 4.90 Å². The van der Waals surface area contributed by atoms with E-state index in [0.29, 0.717) is 12.6 Å². The van der Waals surface area contributed by atoms with Crippen LogP contribution in [0.1, 0.15) is 25.3 Å². The molecule has 3 rings (SSSR count). The van der Waals surface area contributed by atoms with Gasteiger partial charge in [0.25, 0.3) is 0 Å². The number of likely N-dealkylation sites (tertiary alicyclic amines) is 1. The second-order valence-electron chi connectivity index (χ2n) is 6.97. The van der Waals surface area contributed by atoms with Crippen LogP contribution in [0.25, 0.3) is 5.69 Å². The van der Waals surface area contributed by atoms with E-state index in [-0.39, 0.29) is 24.0 Å². The molecule has 0 spiro atoms. The molecule has 2 heterocycles. The van der Waals surface area contributed by atoms with Crippen LogP contribution in [0.4, 0.5) is 0 Å². The fraction of sp³-hybridized carbons (Fsp3) is 0.429. The number of nitrogens with one attached hydrogen (secondary N) is 2. The summed E-state index contributed by atoms with van der Waals surface area (Å²) in [5.41, 5.74) is 2.05. The minimum atomic E-state index is 0. The van der Waals surface area contributed by atoms with E-state index in [0.717, 1.165) is 61.3 Å². The maximum Gasteiger partial charge on any atom is 0.191 e. The van der Waals surface area contributed by atoms with E-state index < -0.39 is 0 Å². The number of nitrogens with zero attached hydrogens (tertiary/aromatic N) is 4. The van der Waals surface area contributed by atoms with Crippen LogP contribution in [0.5, 0.6) is 0 Å². The van der Waals surface area contributed by atoms with Gasteiger partial charge in [0.15, 0.2) is 5.96 Å². The predicted molar refractivity (Wildman–Crippen MR) is 132 cm³/mol. The number of aromatic nitrogens is 2. The van der Waals surface area contributed by atoms with E-state index in [1.54, 1.807) is 0 Å². The molecule has 0 amide bonds. The highest BCUT2D eigenvalue weighted by Crippen LogP contribution is 2.14. The van der Waals surface area contributed by atoms with Crippen molar-refractivity contribution in [3.8, 4) is 5.69 Å². The van der Waals surface area contributed by atoms with Crippen LogP contribution in [-0.4, -0.2) is 52.9 Å². The van der Waals surface area contributed by atoms with Gasteiger partial charge in [-0.05, 0) is 44.0 Å². The molecule has 8 heteroatoms. The molecule has 2 N–H and O–H groups in total. The molecule has 29 heavy (non-hydrogen) atoms. The highest BCUT2D eigenvalue weighted by molar-refractivity contribution is 14.0. The van der Waals surface area contributed by atoms with Crippen molar-refractivity contribution in [1.29, 1.82) is 0 Å². The minimum absolute atomic E-state index is 0. The first-order valence-corrected chi connectivity index (χ1v) is 10.2. The van der Waals surface area contributed by atoms with E-state index >= 15 is 0 Å². The molecule has 1 fully saturated rings. The Balaban J connectivity index is 0.00000300. The molecule has 6 nitrogen and oxygen atoms in total. The normalized spacial score (nSPS) is 15.6. The van der Waals surface area contributed by atoms with Crippen molar-refractivity contribution in [3.63, 3.8) is 0 Å². The van der Waals surface area contributed by atoms with Gasteiger partial charge in [-0.2, -0.15) is 5.10 Å². The van der Waals surface area contributed by atoms with E-state index in [4.69, 9.17) is 16.6 Å². The smallest absolute Gasteiger partial charge is 0.191 e. The maximum absolute atomic E-state index is 5.95. The van der Waals surface area contributed by atoms with E-state index in [9.17, 15) is 0 Å². The summed E-state index contributed by atoms with van der Waals surface area (Å²) in [5.74, 6) is 0.865. The molecular formula is C21H30ClIN6. The van der Waals surface area contributed by atoms with Crippen molar-refractivity contribution in [2.75, 3.05) is 26.2 Å². The molecule has 2 aromatic rings. The predicted octanol–water partition coefficient (Wildman–Crippen LogP) is 3.85. The maximum atomic E-state index is 5.95. The Hall–Kier alpha value is -1.58. The zero-order valence-electron chi connectivity index (χ0n) is 16.9. The summed E-state index contributed by atoms with van der Waals surface area (Å²) in [6.07, 6.45) is 8.07. The van der Waals surface area contributed by atoms with Crippen LogP contribution in [0, 0.1) is 0 Å². The number of aliphatic imine (C=N–C) groups is 1. The van der Waals surface area contributed by atoms with Gasteiger partial charge < -0.3 is 10.6 Å². The largest absolute Gasteiger partial charge is 0.357 e. The molecule has 1 aliphatic rings. The number of rotatable bonds is 7. The number of halogens is 2. The summed E-state index contributed by atoms with van der Waals surface area (Å²) < 4.78 is 1.84. The average molecular weight is 529 g/mol. The van der Waals surface area contributed by atoms with Gasteiger partial charge in [0.05, 0.1) is 18.4 Å². The zero-order valence-corrected chi connectivity index (χ0v) is 19.9. The summed E-state index contributed by atoms with van der Waals surface area (Å²) in [4.78, 5) is 7.18. The van der Waals surface area contributed by atoms with Crippen molar-refractivity contribution in [2.45, 2.75) is 32.4 Å². The molecule has 0 radical (unpaired) electrons. The summed E-state index contributed by atoms with van der Waals surface area (Å²) in [7, 11) is 0. The number of piperidine rings is 1. The van der Waals surface area contributed by atoms with Crippen molar-refractivity contribution in [3.05, 3.63) is 59.9 Å². The van der Waals surface area contributed by atoms with Crippen molar-refractivity contribution < 1.29 is 0 Å². The van der Waals surface area contributed by atoms with Gasteiger partial charge in [0.2, 0.25) is 0 Å². The van der Waals surface area contributed by atoms with Crippen LogP contribution >= 0.6 is 35.6 Å².